The summed E-state index contributed by atoms with van der Waals surface area (Å²) in [6.07, 6.45) is 13.9. The molecule has 0 aliphatic heterocycles. The molecule has 0 N–H and O–H groups in total. The van der Waals surface area contributed by atoms with Crippen LogP contribution >= 0.6 is 9.24 Å². The summed E-state index contributed by atoms with van der Waals surface area (Å²) in [4.78, 5) is 11.7. The van der Waals surface area contributed by atoms with Crippen molar-refractivity contribution in [3.05, 3.63) is 0 Å². The molecule has 1 unspecified atom stereocenters. The van der Waals surface area contributed by atoms with E-state index in [9.17, 15) is 4.79 Å². The molecule has 0 aromatic rings. The van der Waals surface area contributed by atoms with E-state index in [0.29, 0.717) is 13.0 Å². The molecule has 0 saturated heterocycles. The van der Waals surface area contributed by atoms with Crippen molar-refractivity contribution in [2.24, 2.45) is 0 Å². The highest BCUT2D eigenvalue weighted by molar-refractivity contribution is 7.18. The van der Waals surface area contributed by atoms with Gasteiger partial charge in [0, 0.05) is 6.42 Å². The molecule has 0 amide bonds. The van der Waals surface area contributed by atoms with Crippen LogP contribution in [0.5, 0.6) is 0 Å². The largest absolute Gasteiger partial charge is 0.466 e. The molecular weight excluding hydrogens is 279 g/mol. The highest BCUT2D eigenvalue weighted by atomic mass is 31.0. The van der Waals surface area contributed by atoms with Gasteiger partial charge in [-0.15, -0.1) is 9.24 Å². The second-order valence-corrected chi connectivity index (χ2v) is 7.49. The Morgan fingerprint density at radius 1 is 0.905 bits per heavy atom. The molecule has 0 bridgehead atoms. The van der Waals surface area contributed by atoms with E-state index in [4.69, 9.17) is 4.74 Å². The molecule has 0 aromatic carbocycles. The van der Waals surface area contributed by atoms with Crippen LogP contribution in [-0.2, 0) is 9.53 Å². The van der Waals surface area contributed by atoms with Gasteiger partial charge in [0.05, 0.1) is 6.61 Å². The average Bonchev–Trinajstić information content (AvgIpc) is 2.51. The molecular formula is C18H37O2P. The molecule has 0 aliphatic carbocycles. The summed E-state index contributed by atoms with van der Waals surface area (Å²) in [5, 5.41) is 0.220. The lowest BCUT2D eigenvalue weighted by Gasteiger charge is -2.25. The van der Waals surface area contributed by atoms with Crippen LogP contribution in [0, 0.1) is 0 Å². The van der Waals surface area contributed by atoms with E-state index in [1.165, 1.54) is 44.9 Å². The lowest BCUT2D eigenvalue weighted by Crippen LogP contribution is -2.20. The summed E-state index contributed by atoms with van der Waals surface area (Å²) in [5.74, 6) is -0.0216. The van der Waals surface area contributed by atoms with E-state index >= 15 is 0 Å². The third-order valence-electron chi connectivity index (χ3n) is 4.50. The SMILES string of the molecule is CCCCCCCCCCOC(=O)CCC(P)(CC)CC. The number of hydrogen-bond acceptors (Lipinski definition) is 2. The summed E-state index contributed by atoms with van der Waals surface area (Å²) >= 11 is 0. The lowest BCUT2D eigenvalue weighted by atomic mass is 9.96. The number of hydrogen-bond donors (Lipinski definition) is 0. The van der Waals surface area contributed by atoms with Crippen molar-refractivity contribution >= 4 is 15.2 Å². The highest BCUT2D eigenvalue weighted by Gasteiger charge is 2.21. The van der Waals surface area contributed by atoms with Crippen LogP contribution in [-0.4, -0.2) is 17.7 Å². The Labute approximate surface area is 135 Å². The van der Waals surface area contributed by atoms with Crippen LogP contribution in [0.3, 0.4) is 0 Å². The lowest BCUT2D eigenvalue weighted by molar-refractivity contribution is -0.144. The van der Waals surface area contributed by atoms with Gasteiger partial charge >= 0.3 is 5.97 Å². The van der Waals surface area contributed by atoms with Crippen molar-refractivity contribution in [3.8, 4) is 0 Å². The predicted octanol–water partition coefficient (Wildman–Crippen LogP) is 5.88. The fraction of sp³-hybridized carbons (Fsp3) is 0.944. The first kappa shape index (κ1) is 20.9. The zero-order valence-electron chi connectivity index (χ0n) is 14.6. The van der Waals surface area contributed by atoms with E-state index in [0.717, 1.165) is 25.7 Å². The molecule has 0 saturated carbocycles. The number of esters is 1. The van der Waals surface area contributed by atoms with Crippen LogP contribution in [0.4, 0.5) is 0 Å². The van der Waals surface area contributed by atoms with Crippen molar-refractivity contribution in [3.63, 3.8) is 0 Å². The minimum Gasteiger partial charge on any atom is -0.466 e. The molecule has 1 atom stereocenters. The summed E-state index contributed by atoms with van der Waals surface area (Å²) in [6.45, 7) is 7.22. The third-order valence-corrected chi connectivity index (χ3v) is 5.60. The molecule has 3 heteroatoms. The van der Waals surface area contributed by atoms with Crippen molar-refractivity contribution in [2.45, 2.75) is 103 Å². The molecule has 0 fully saturated rings. The molecule has 0 radical (unpaired) electrons. The van der Waals surface area contributed by atoms with E-state index in [1.54, 1.807) is 0 Å². The van der Waals surface area contributed by atoms with Crippen LogP contribution in [0.1, 0.15) is 97.8 Å². The Morgan fingerprint density at radius 2 is 1.43 bits per heavy atom. The Balaban J connectivity index is 3.42. The van der Waals surface area contributed by atoms with Gasteiger partial charge in [0.15, 0.2) is 0 Å². The van der Waals surface area contributed by atoms with Gasteiger partial charge in [0.1, 0.15) is 0 Å². The van der Waals surface area contributed by atoms with Gasteiger partial charge in [-0.25, -0.2) is 0 Å². The van der Waals surface area contributed by atoms with Gasteiger partial charge in [-0.3, -0.25) is 4.79 Å². The second-order valence-electron chi connectivity index (χ2n) is 6.26. The number of carbonyl (C=O) groups is 1. The highest BCUT2D eigenvalue weighted by Crippen LogP contribution is 2.31. The number of rotatable bonds is 14. The minimum absolute atomic E-state index is 0.0216. The van der Waals surface area contributed by atoms with E-state index in [2.05, 4.69) is 30.0 Å². The maximum Gasteiger partial charge on any atom is 0.305 e. The predicted molar refractivity (Wildman–Crippen MR) is 95.8 cm³/mol. The maximum absolute atomic E-state index is 11.7. The monoisotopic (exact) mass is 316 g/mol. The summed E-state index contributed by atoms with van der Waals surface area (Å²) < 4.78 is 5.32. The maximum atomic E-state index is 11.7. The first-order valence-corrected chi connectivity index (χ1v) is 9.60. The second kappa shape index (κ2) is 13.6. The zero-order chi connectivity index (χ0) is 16.0. The molecule has 21 heavy (non-hydrogen) atoms. The van der Waals surface area contributed by atoms with E-state index in [1.807, 2.05) is 0 Å². The number of ether oxygens (including phenoxy) is 1. The van der Waals surface area contributed by atoms with Crippen molar-refractivity contribution in [1.29, 1.82) is 0 Å². The first-order valence-electron chi connectivity index (χ1n) is 9.02. The molecule has 0 heterocycles. The van der Waals surface area contributed by atoms with Crippen LogP contribution in [0.2, 0.25) is 0 Å². The molecule has 0 spiro atoms. The summed E-state index contributed by atoms with van der Waals surface area (Å²) in [7, 11) is 2.92. The molecule has 0 aliphatic rings. The summed E-state index contributed by atoms with van der Waals surface area (Å²) in [6, 6.07) is 0. The van der Waals surface area contributed by atoms with Gasteiger partial charge < -0.3 is 4.74 Å². The number of carbonyl (C=O) groups excluding carboxylic acids is 1. The number of unbranched alkanes of at least 4 members (excludes halogenated alkanes) is 7. The molecule has 0 aromatic heterocycles. The Morgan fingerprint density at radius 3 is 1.95 bits per heavy atom. The fourth-order valence-electron chi connectivity index (χ4n) is 2.45. The normalized spacial score (nSPS) is 11.6. The van der Waals surface area contributed by atoms with Crippen molar-refractivity contribution in [2.75, 3.05) is 6.61 Å². The van der Waals surface area contributed by atoms with Gasteiger partial charge in [0.25, 0.3) is 0 Å². The quantitative estimate of drug-likeness (QED) is 0.227. The Kier molecular flexibility index (Phi) is 13.5. The zero-order valence-corrected chi connectivity index (χ0v) is 15.7. The third kappa shape index (κ3) is 12.2. The molecule has 126 valence electrons. The van der Waals surface area contributed by atoms with Crippen molar-refractivity contribution in [1.82, 2.24) is 0 Å². The van der Waals surface area contributed by atoms with E-state index < -0.39 is 0 Å². The minimum atomic E-state index is -0.0216. The van der Waals surface area contributed by atoms with Crippen LogP contribution in [0.25, 0.3) is 0 Å². The summed E-state index contributed by atoms with van der Waals surface area (Å²) in [5.41, 5.74) is 0. The molecule has 0 rings (SSSR count). The molecule has 2 nitrogen and oxygen atoms in total. The Bertz CT molecular complexity index is 250. The van der Waals surface area contributed by atoms with Gasteiger partial charge in [0.2, 0.25) is 0 Å². The fourth-order valence-corrected chi connectivity index (χ4v) is 2.59. The van der Waals surface area contributed by atoms with Gasteiger partial charge in [-0.1, -0.05) is 65.7 Å². The van der Waals surface area contributed by atoms with Crippen LogP contribution < -0.4 is 0 Å². The smallest absolute Gasteiger partial charge is 0.305 e. The van der Waals surface area contributed by atoms with Gasteiger partial charge in [-0.2, -0.15) is 0 Å². The standard InChI is InChI=1S/C18H37O2P/c1-4-7-8-9-10-11-12-13-16-20-17(19)14-15-18(21,5-2)6-3/h4-16,21H2,1-3H3. The van der Waals surface area contributed by atoms with Crippen molar-refractivity contribution < 1.29 is 9.53 Å². The Hall–Kier alpha value is -0.100. The van der Waals surface area contributed by atoms with Crippen LogP contribution in [0.15, 0.2) is 0 Å². The average molecular weight is 316 g/mol. The van der Waals surface area contributed by atoms with Gasteiger partial charge in [-0.05, 0) is 30.8 Å². The van der Waals surface area contributed by atoms with E-state index in [-0.39, 0.29) is 11.1 Å². The topological polar surface area (TPSA) is 26.3 Å². The first-order chi connectivity index (χ1) is 10.1.